The Morgan fingerprint density at radius 3 is 2.79 bits per heavy atom. The number of thiazole rings is 1. The van der Waals surface area contributed by atoms with Crippen LogP contribution < -0.4 is 0 Å². The number of aliphatic hydroxyl groups excluding tert-OH is 1. The molecule has 2 heterocycles. The first-order chi connectivity index (χ1) is 6.70. The lowest BCUT2D eigenvalue weighted by Gasteiger charge is -1.90. The first-order valence-corrected chi connectivity index (χ1v) is 5.21. The molecule has 0 saturated carbocycles. The summed E-state index contributed by atoms with van der Waals surface area (Å²) in [7, 11) is 0. The second-order valence-corrected chi connectivity index (χ2v) is 4.05. The second-order valence-electron chi connectivity index (χ2n) is 3.11. The molecule has 0 aliphatic rings. The summed E-state index contributed by atoms with van der Waals surface area (Å²) >= 11 is 1.46. The molecule has 0 amide bonds. The third kappa shape index (κ3) is 1.58. The van der Waals surface area contributed by atoms with Crippen LogP contribution in [0.3, 0.4) is 0 Å². The first-order valence-electron chi connectivity index (χ1n) is 4.33. The fourth-order valence-corrected chi connectivity index (χ4v) is 2.05. The molecule has 0 aliphatic carbocycles. The van der Waals surface area contributed by atoms with E-state index in [1.807, 2.05) is 25.3 Å². The normalized spacial score (nSPS) is 10.8. The van der Waals surface area contributed by atoms with Crippen LogP contribution in [0.5, 0.6) is 0 Å². The Bertz CT molecular complexity index is 445. The van der Waals surface area contributed by atoms with E-state index >= 15 is 0 Å². The molecule has 0 spiro atoms. The largest absolute Gasteiger partial charge is 0.466 e. The van der Waals surface area contributed by atoms with Crippen LogP contribution in [0.1, 0.15) is 16.5 Å². The van der Waals surface area contributed by atoms with Gasteiger partial charge in [-0.2, -0.15) is 0 Å². The Kier molecular flexibility index (Phi) is 2.39. The summed E-state index contributed by atoms with van der Waals surface area (Å²) in [4.78, 5) is 4.28. The van der Waals surface area contributed by atoms with Gasteiger partial charge in [-0.05, 0) is 19.9 Å². The molecule has 0 unspecified atom stereocenters. The van der Waals surface area contributed by atoms with Crippen molar-refractivity contribution in [2.75, 3.05) is 0 Å². The number of aryl methyl sites for hydroxylation is 2. The van der Waals surface area contributed by atoms with Crippen LogP contribution in [0.4, 0.5) is 0 Å². The van der Waals surface area contributed by atoms with Crippen LogP contribution in [0.2, 0.25) is 0 Å². The highest BCUT2D eigenvalue weighted by Gasteiger charge is 2.10. The predicted molar refractivity (Wildman–Crippen MR) is 55.2 cm³/mol. The van der Waals surface area contributed by atoms with E-state index < -0.39 is 0 Å². The molecule has 0 atom stereocenters. The van der Waals surface area contributed by atoms with Gasteiger partial charge in [-0.3, -0.25) is 0 Å². The van der Waals surface area contributed by atoms with Crippen LogP contribution in [-0.4, -0.2) is 10.1 Å². The molecule has 14 heavy (non-hydrogen) atoms. The van der Waals surface area contributed by atoms with Crippen LogP contribution in [-0.2, 0) is 6.61 Å². The maximum atomic E-state index is 8.90. The van der Waals surface area contributed by atoms with Gasteiger partial charge in [0.15, 0.2) is 0 Å². The maximum absolute atomic E-state index is 8.90. The van der Waals surface area contributed by atoms with E-state index in [0.29, 0.717) is 0 Å². The quantitative estimate of drug-likeness (QED) is 0.826. The van der Waals surface area contributed by atoms with Crippen molar-refractivity contribution in [1.82, 2.24) is 4.98 Å². The van der Waals surface area contributed by atoms with Crippen molar-refractivity contribution in [3.63, 3.8) is 0 Å². The molecule has 0 bridgehead atoms. The van der Waals surface area contributed by atoms with Gasteiger partial charge in [-0.1, -0.05) is 0 Å². The number of hydrogen-bond acceptors (Lipinski definition) is 4. The van der Waals surface area contributed by atoms with Crippen LogP contribution in [0, 0.1) is 13.8 Å². The first kappa shape index (κ1) is 9.43. The summed E-state index contributed by atoms with van der Waals surface area (Å²) in [5.41, 5.74) is 1.90. The third-order valence-corrected chi connectivity index (χ3v) is 2.84. The van der Waals surface area contributed by atoms with Crippen molar-refractivity contribution in [1.29, 1.82) is 0 Å². The van der Waals surface area contributed by atoms with E-state index in [-0.39, 0.29) is 6.61 Å². The van der Waals surface area contributed by atoms with Crippen molar-refractivity contribution < 1.29 is 9.52 Å². The molecule has 0 aromatic carbocycles. The number of hydrogen-bond donors (Lipinski definition) is 1. The minimum absolute atomic E-state index is 0.000544. The minimum atomic E-state index is 0.000544. The SMILES string of the molecule is Cc1cc(-c2csc(CO)n2)c(C)o1. The molecule has 2 aromatic heterocycles. The molecular formula is C10H11NO2S. The van der Waals surface area contributed by atoms with Crippen molar-refractivity contribution in [2.24, 2.45) is 0 Å². The number of aromatic nitrogens is 1. The number of nitrogens with zero attached hydrogens (tertiary/aromatic N) is 1. The minimum Gasteiger partial charge on any atom is -0.466 e. The van der Waals surface area contributed by atoms with Gasteiger partial charge in [0.1, 0.15) is 16.5 Å². The number of aliphatic hydroxyl groups is 1. The molecule has 1 N–H and O–H groups in total. The maximum Gasteiger partial charge on any atom is 0.119 e. The predicted octanol–water partition coefficient (Wildman–Crippen LogP) is 2.51. The summed E-state index contributed by atoms with van der Waals surface area (Å²) in [6, 6.07) is 1.96. The molecule has 0 radical (unpaired) electrons. The number of rotatable bonds is 2. The van der Waals surface area contributed by atoms with Gasteiger partial charge in [0, 0.05) is 10.9 Å². The summed E-state index contributed by atoms with van der Waals surface area (Å²) in [5, 5.41) is 11.6. The monoisotopic (exact) mass is 209 g/mol. The highest BCUT2D eigenvalue weighted by Crippen LogP contribution is 2.27. The van der Waals surface area contributed by atoms with Gasteiger partial charge in [0.25, 0.3) is 0 Å². The lowest BCUT2D eigenvalue weighted by Crippen LogP contribution is -1.81. The smallest absolute Gasteiger partial charge is 0.119 e. The van der Waals surface area contributed by atoms with E-state index in [1.165, 1.54) is 11.3 Å². The van der Waals surface area contributed by atoms with E-state index in [1.54, 1.807) is 0 Å². The van der Waals surface area contributed by atoms with Crippen LogP contribution >= 0.6 is 11.3 Å². The standard InChI is InChI=1S/C10H11NO2S/c1-6-3-8(7(2)13-6)9-5-14-10(4-12)11-9/h3,5,12H,4H2,1-2H3. The summed E-state index contributed by atoms with van der Waals surface area (Å²) < 4.78 is 5.41. The van der Waals surface area contributed by atoms with Gasteiger partial charge < -0.3 is 9.52 Å². The Hall–Kier alpha value is -1.13. The van der Waals surface area contributed by atoms with Gasteiger partial charge >= 0.3 is 0 Å². The lowest BCUT2D eigenvalue weighted by atomic mass is 10.2. The number of furan rings is 1. The lowest BCUT2D eigenvalue weighted by molar-refractivity contribution is 0.281. The molecule has 2 aromatic rings. The Morgan fingerprint density at radius 2 is 2.29 bits per heavy atom. The van der Waals surface area contributed by atoms with Crippen molar-refractivity contribution in [3.8, 4) is 11.3 Å². The second kappa shape index (κ2) is 3.55. The van der Waals surface area contributed by atoms with Crippen molar-refractivity contribution in [3.05, 3.63) is 28.0 Å². The van der Waals surface area contributed by atoms with E-state index in [9.17, 15) is 0 Å². The Morgan fingerprint density at radius 1 is 1.50 bits per heavy atom. The van der Waals surface area contributed by atoms with E-state index in [0.717, 1.165) is 27.8 Å². The average molecular weight is 209 g/mol. The molecule has 0 saturated heterocycles. The molecule has 74 valence electrons. The highest BCUT2D eigenvalue weighted by atomic mass is 32.1. The summed E-state index contributed by atoms with van der Waals surface area (Å²) in [6.45, 7) is 3.83. The van der Waals surface area contributed by atoms with Crippen LogP contribution in [0.15, 0.2) is 15.9 Å². The van der Waals surface area contributed by atoms with E-state index in [4.69, 9.17) is 9.52 Å². The summed E-state index contributed by atoms with van der Waals surface area (Å²) in [5.74, 6) is 1.76. The highest BCUT2D eigenvalue weighted by molar-refractivity contribution is 7.09. The molecule has 4 heteroatoms. The summed E-state index contributed by atoms with van der Waals surface area (Å²) in [6.07, 6.45) is 0. The zero-order valence-corrected chi connectivity index (χ0v) is 8.89. The topological polar surface area (TPSA) is 46.3 Å². The van der Waals surface area contributed by atoms with Gasteiger partial charge in [0.2, 0.25) is 0 Å². The zero-order valence-electron chi connectivity index (χ0n) is 8.07. The van der Waals surface area contributed by atoms with Crippen LogP contribution in [0.25, 0.3) is 11.3 Å². The molecular weight excluding hydrogens is 198 g/mol. The molecule has 2 rings (SSSR count). The van der Waals surface area contributed by atoms with Crippen molar-refractivity contribution in [2.45, 2.75) is 20.5 Å². The van der Waals surface area contributed by atoms with E-state index in [2.05, 4.69) is 4.98 Å². The Balaban J connectivity index is 2.43. The van der Waals surface area contributed by atoms with Gasteiger partial charge in [-0.15, -0.1) is 11.3 Å². The van der Waals surface area contributed by atoms with Gasteiger partial charge in [0.05, 0.1) is 12.3 Å². The zero-order chi connectivity index (χ0) is 10.1. The van der Waals surface area contributed by atoms with Crippen molar-refractivity contribution >= 4 is 11.3 Å². The third-order valence-electron chi connectivity index (χ3n) is 2.00. The molecule has 3 nitrogen and oxygen atoms in total. The Labute approximate surface area is 86.0 Å². The average Bonchev–Trinajstić information content (AvgIpc) is 2.71. The fourth-order valence-electron chi connectivity index (χ4n) is 1.39. The molecule has 0 fully saturated rings. The molecule has 0 aliphatic heterocycles. The fraction of sp³-hybridized carbons (Fsp3) is 0.300. The van der Waals surface area contributed by atoms with Gasteiger partial charge in [-0.25, -0.2) is 4.98 Å².